The van der Waals surface area contributed by atoms with E-state index in [9.17, 15) is 0 Å². The normalized spacial score (nSPS) is 11.2. The number of hydrogen-bond donors (Lipinski definition) is 1. The Hall–Kier alpha value is -1.25. The summed E-state index contributed by atoms with van der Waals surface area (Å²) < 4.78 is 5.53. The standard InChI is InChI=1S/C15H18ClNO/c1-10(2)17-9-15-13(6-7-18-15)12-5-4-11(3)14(16)8-12/h4-8,10,17H,9H2,1-3H3. The Morgan fingerprint density at radius 2 is 2.06 bits per heavy atom. The van der Waals surface area contributed by atoms with Crippen molar-refractivity contribution in [3.8, 4) is 11.1 Å². The summed E-state index contributed by atoms with van der Waals surface area (Å²) in [5.41, 5.74) is 3.29. The van der Waals surface area contributed by atoms with E-state index in [4.69, 9.17) is 16.0 Å². The van der Waals surface area contributed by atoms with Gasteiger partial charge in [0.25, 0.3) is 0 Å². The molecule has 2 rings (SSSR count). The van der Waals surface area contributed by atoms with Crippen molar-refractivity contribution in [3.63, 3.8) is 0 Å². The lowest BCUT2D eigenvalue weighted by atomic mass is 10.0. The SMILES string of the molecule is Cc1ccc(-c2ccoc2CNC(C)C)cc1Cl. The molecule has 0 saturated carbocycles. The van der Waals surface area contributed by atoms with Crippen molar-refractivity contribution >= 4 is 11.6 Å². The molecule has 1 N–H and O–H groups in total. The van der Waals surface area contributed by atoms with Gasteiger partial charge in [-0.1, -0.05) is 37.6 Å². The van der Waals surface area contributed by atoms with Crippen molar-refractivity contribution in [1.29, 1.82) is 0 Å². The maximum Gasteiger partial charge on any atom is 0.125 e. The molecule has 1 heterocycles. The van der Waals surface area contributed by atoms with Gasteiger partial charge in [0.2, 0.25) is 0 Å². The van der Waals surface area contributed by atoms with Crippen LogP contribution in [0.4, 0.5) is 0 Å². The second-order valence-corrected chi connectivity index (χ2v) is 5.16. The molecule has 0 bridgehead atoms. The third-order valence-corrected chi connectivity index (χ3v) is 3.31. The van der Waals surface area contributed by atoms with Gasteiger partial charge in [0.15, 0.2) is 0 Å². The molecule has 0 fully saturated rings. The molecular formula is C15H18ClNO. The summed E-state index contributed by atoms with van der Waals surface area (Å²) in [5.74, 6) is 0.948. The molecule has 0 unspecified atom stereocenters. The number of rotatable bonds is 4. The van der Waals surface area contributed by atoms with Crippen molar-refractivity contribution in [1.82, 2.24) is 5.32 Å². The molecule has 0 radical (unpaired) electrons. The van der Waals surface area contributed by atoms with Crippen LogP contribution in [-0.4, -0.2) is 6.04 Å². The summed E-state index contributed by atoms with van der Waals surface area (Å²) in [7, 11) is 0. The van der Waals surface area contributed by atoms with E-state index in [1.54, 1.807) is 6.26 Å². The van der Waals surface area contributed by atoms with Gasteiger partial charge in [-0.25, -0.2) is 0 Å². The molecule has 0 saturated heterocycles. The Morgan fingerprint density at radius 1 is 1.28 bits per heavy atom. The second kappa shape index (κ2) is 5.59. The van der Waals surface area contributed by atoms with Crippen molar-refractivity contribution in [3.05, 3.63) is 46.9 Å². The van der Waals surface area contributed by atoms with E-state index in [0.717, 1.165) is 34.0 Å². The molecule has 0 aliphatic carbocycles. The molecule has 2 aromatic rings. The molecule has 2 nitrogen and oxygen atoms in total. The lowest BCUT2D eigenvalue weighted by molar-refractivity contribution is 0.466. The number of halogens is 1. The van der Waals surface area contributed by atoms with E-state index in [0.29, 0.717) is 6.04 Å². The van der Waals surface area contributed by atoms with Crippen molar-refractivity contribution in [2.45, 2.75) is 33.4 Å². The lowest BCUT2D eigenvalue weighted by Crippen LogP contribution is -2.21. The summed E-state index contributed by atoms with van der Waals surface area (Å²) in [4.78, 5) is 0. The van der Waals surface area contributed by atoms with E-state index < -0.39 is 0 Å². The van der Waals surface area contributed by atoms with Gasteiger partial charge in [0.05, 0.1) is 12.8 Å². The summed E-state index contributed by atoms with van der Waals surface area (Å²) in [6.45, 7) is 6.96. The van der Waals surface area contributed by atoms with Crippen molar-refractivity contribution in [2.24, 2.45) is 0 Å². The Balaban J connectivity index is 2.27. The summed E-state index contributed by atoms with van der Waals surface area (Å²) in [6, 6.07) is 8.51. The molecule has 18 heavy (non-hydrogen) atoms. The first-order valence-electron chi connectivity index (χ1n) is 6.14. The van der Waals surface area contributed by atoms with Gasteiger partial charge in [-0.05, 0) is 30.2 Å². The fraction of sp³-hybridized carbons (Fsp3) is 0.333. The van der Waals surface area contributed by atoms with Crippen LogP contribution in [0.1, 0.15) is 25.2 Å². The van der Waals surface area contributed by atoms with Crippen LogP contribution >= 0.6 is 11.6 Å². The molecule has 0 aliphatic heterocycles. The summed E-state index contributed by atoms with van der Waals surface area (Å²) in [6.07, 6.45) is 1.72. The van der Waals surface area contributed by atoms with Crippen LogP contribution in [0.2, 0.25) is 5.02 Å². The monoisotopic (exact) mass is 263 g/mol. The maximum absolute atomic E-state index is 6.16. The molecular weight excluding hydrogens is 246 g/mol. The molecule has 0 atom stereocenters. The third-order valence-electron chi connectivity index (χ3n) is 2.90. The van der Waals surface area contributed by atoms with Crippen LogP contribution in [0.5, 0.6) is 0 Å². The molecule has 1 aromatic carbocycles. The Bertz CT molecular complexity index is 531. The molecule has 0 spiro atoms. The maximum atomic E-state index is 6.16. The number of aryl methyl sites for hydroxylation is 1. The predicted octanol–water partition coefficient (Wildman–Crippen LogP) is 4.41. The average molecular weight is 264 g/mol. The van der Waals surface area contributed by atoms with E-state index in [2.05, 4.69) is 25.2 Å². The lowest BCUT2D eigenvalue weighted by Gasteiger charge is -2.08. The van der Waals surface area contributed by atoms with Crippen LogP contribution in [-0.2, 0) is 6.54 Å². The minimum atomic E-state index is 0.435. The minimum absolute atomic E-state index is 0.435. The molecule has 96 valence electrons. The van der Waals surface area contributed by atoms with Crippen LogP contribution in [0, 0.1) is 6.92 Å². The highest BCUT2D eigenvalue weighted by Crippen LogP contribution is 2.28. The zero-order valence-electron chi connectivity index (χ0n) is 11.0. The second-order valence-electron chi connectivity index (χ2n) is 4.76. The van der Waals surface area contributed by atoms with Gasteiger partial charge in [-0.3, -0.25) is 0 Å². The van der Waals surface area contributed by atoms with Crippen LogP contribution in [0.25, 0.3) is 11.1 Å². The molecule has 1 aromatic heterocycles. The highest BCUT2D eigenvalue weighted by Gasteiger charge is 2.10. The van der Waals surface area contributed by atoms with E-state index in [1.807, 2.05) is 25.1 Å². The zero-order valence-corrected chi connectivity index (χ0v) is 11.7. The predicted molar refractivity (Wildman–Crippen MR) is 75.9 cm³/mol. The fourth-order valence-corrected chi connectivity index (χ4v) is 1.97. The van der Waals surface area contributed by atoms with Crippen LogP contribution in [0.3, 0.4) is 0 Å². The Morgan fingerprint density at radius 3 is 2.72 bits per heavy atom. The first-order valence-corrected chi connectivity index (χ1v) is 6.52. The molecule has 0 aliphatic rings. The van der Waals surface area contributed by atoms with Gasteiger partial charge in [0, 0.05) is 16.6 Å². The number of hydrogen-bond acceptors (Lipinski definition) is 2. The van der Waals surface area contributed by atoms with Gasteiger partial charge < -0.3 is 9.73 Å². The van der Waals surface area contributed by atoms with Gasteiger partial charge in [-0.2, -0.15) is 0 Å². The van der Waals surface area contributed by atoms with Gasteiger partial charge in [0.1, 0.15) is 5.76 Å². The summed E-state index contributed by atoms with van der Waals surface area (Å²) in [5, 5.41) is 4.15. The molecule has 3 heteroatoms. The van der Waals surface area contributed by atoms with Gasteiger partial charge >= 0.3 is 0 Å². The minimum Gasteiger partial charge on any atom is -0.467 e. The smallest absolute Gasteiger partial charge is 0.125 e. The Kier molecular flexibility index (Phi) is 4.10. The highest BCUT2D eigenvalue weighted by atomic mass is 35.5. The van der Waals surface area contributed by atoms with Crippen LogP contribution < -0.4 is 5.32 Å². The van der Waals surface area contributed by atoms with E-state index in [-0.39, 0.29) is 0 Å². The first kappa shape index (κ1) is 13.2. The van der Waals surface area contributed by atoms with Crippen molar-refractivity contribution in [2.75, 3.05) is 0 Å². The van der Waals surface area contributed by atoms with E-state index in [1.165, 1.54) is 0 Å². The zero-order chi connectivity index (χ0) is 13.1. The average Bonchev–Trinajstić information content (AvgIpc) is 2.78. The largest absolute Gasteiger partial charge is 0.467 e. The Labute approximate surface area is 113 Å². The number of benzene rings is 1. The molecule has 0 amide bonds. The topological polar surface area (TPSA) is 25.2 Å². The summed E-state index contributed by atoms with van der Waals surface area (Å²) >= 11 is 6.16. The third kappa shape index (κ3) is 2.95. The number of nitrogens with one attached hydrogen (secondary N) is 1. The van der Waals surface area contributed by atoms with Crippen LogP contribution in [0.15, 0.2) is 34.9 Å². The fourth-order valence-electron chi connectivity index (χ4n) is 1.79. The van der Waals surface area contributed by atoms with E-state index >= 15 is 0 Å². The number of furan rings is 1. The quantitative estimate of drug-likeness (QED) is 0.884. The van der Waals surface area contributed by atoms with Gasteiger partial charge in [-0.15, -0.1) is 0 Å². The van der Waals surface area contributed by atoms with Crippen molar-refractivity contribution < 1.29 is 4.42 Å². The first-order chi connectivity index (χ1) is 8.58. The highest BCUT2D eigenvalue weighted by molar-refractivity contribution is 6.31.